The fourth-order valence-corrected chi connectivity index (χ4v) is 4.92. The Bertz CT molecular complexity index is 612. The van der Waals surface area contributed by atoms with Crippen molar-refractivity contribution >= 4 is 5.91 Å². The summed E-state index contributed by atoms with van der Waals surface area (Å²) in [6.07, 6.45) is 11.5. The summed E-state index contributed by atoms with van der Waals surface area (Å²) < 4.78 is 5.36. The molecule has 1 saturated heterocycles. The Kier molecular flexibility index (Phi) is 6.38. The standard InChI is InChI=1S/C22H36N4O2/c1-28-21-14-17(4-9-20(21)23)22(27)24-18-5-7-19(8-6-18)26-12-10-25(11-13-26)15-16-2-3-16/h4,9,16,18-19,21H,2-3,5-8,10-15,23H2,1H3,(H,24,27). The summed E-state index contributed by atoms with van der Waals surface area (Å²) in [4.78, 5) is 18.0. The van der Waals surface area contributed by atoms with E-state index in [1.807, 2.05) is 6.08 Å². The fraction of sp³-hybridized carbons (Fsp3) is 0.773. The minimum atomic E-state index is -0.180. The molecule has 3 aliphatic carbocycles. The van der Waals surface area contributed by atoms with Gasteiger partial charge in [-0.3, -0.25) is 9.69 Å². The SMILES string of the molecule is COC1CC(C(=O)NC2CCC(N3CCN(CC4CC4)CC3)CC2)=CC=C1N. The summed E-state index contributed by atoms with van der Waals surface area (Å²) in [6, 6.07) is 0.996. The number of methoxy groups -OCH3 is 1. The molecule has 6 heteroatoms. The van der Waals surface area contributed by atoms with Gasteiger partial charge in [-0.2, -0.15) is 0 Å². The van der Waals surface area contributed by atoms with E-state index < -0.39 is 0 Å². The third-order valence-corrected chi connectivity index (χ3v) is 7.00. The minimum absolute atomic E-state index is 0.0444. The van der Waals surface area contributed by atoms with Crippen molar-refractivity contribution in [1.82, 2.24) is 15.1 Å². The van der Waals surface area contributed by atoms with E-state index in [0.29, 0.717) is 24.2 Å². The van der Waals surface area contributed by atoms with Gasteiger partial charge in [0.1, 0.15) is 6.10 Å². The number of rotatable bonds is 6. The highest BCUT2D eigenvalue weighted by molar-refractivity contribution is 5.94. The zero-order valence-electron chi connectivity index (χ0n) is 17.2. The Hall–Kier alpha value is -1.37. The maximum atomic E-state index is 12.6. The number of allylic oxidation sites excluding steroid dienone is 2. The van der Waals surface area contributed by atoms with E-state index in [1.54, 1.807) is 13.2 Å². The van der Waals surface area contributed by atoms with E-state index in [2.05, 4.69) is 15.1 Å². The molecule has 3 fully saturated rings. The van der Waals surface area contributed by atoms with Crippen molar-refractivity contribution in [3.63, 3.8) is 0 Å². The molecule has 0 spiro atoms. The lowest BCUT2D eigenvalue weighted by Crippen LogP contribution is -2.52. The maximum absolute atomic E-state index is 12.6. The molecule has 1 amide bonds. The molecule has 0 bridgehead atoms. The van der Waals surface area contributed by atoms with Crippen LogP contribution in [0.5, 0.6) is 0 Å². The van der Waals surface area contributed by atoms with Crippen LogP contribution in [0.2, 0.25) is 0 Å². The summed E-state index contributed by atoms with van der Waals surface area (Å²) in [5.74, 6) is 1.04. The Morgan fingerprint density at radius 2 is 1.82 bits per heavy atom. The number of nitrogens with zero attached hydrogens (tertiary/aromatic N) is 2. The number of piperazine rings is 1. The first-order chi connectivity index (χ1) is 13.6. The predicted molar refractivity (Wildman–Crippen MR) is 111 cm³/mol. The number of ether oxygens (including phenoxy) is 1. The molecule has 2 saturated carbocycles. The molecule has 0 aromatic carbocycles. The van der Waals surface area contributed by atoms with Crippen molar-refractivity contribution in [3.8, 4) is 0 Å². The molecule has 0 radical (unpaired) electrons. The van der Waals surface area contributed by atoms with Gasteiger partial charge in [-0.1, -0.05) is 6.08 Å². The third-order valence-electron chi connectivity index (χ3n) is 7.00. The third kappa shape index (κ3) is 4.97. The van der Waals surface area contributed by atoms with Crippen LogP contribution in [-0.2, 0) is 9.53 Å². The van der Waals surface area contributed by atoms with Gasteiger partial charge in [0.2, 0.25) is 5.91 Å². The highest BCUT2D eigenvalue weighted by Crippen LogP contribution is 2.30. The van der Waals surface area contributed by atoms with Crippen LogP contribution in [-0.4, -0.2) is 73.7 Å². The lowest BCUT2D eigenvalue weighted by Gasteiger charge is -2.42. The summed E-state index contributed by atoms with van der Waals surface area (Å²) in [6.45, 7) is 6.23. The lowest BCUT2D eigenvalue weighted by atomic mass is 9.89. The second-order valence-electron chi connectivity index (χ2n) is 9.05. The maximum Gasteiger partial charge on any atom is 0.247 e. The van der Waals surface area contributed by atoms with Crippen molar-refractivity contribution in [3.05, 3.63) is 23.4 Å². The van der Waals surface area contributed by atoms with Gasteiger partial charge < -0.3 is 20.7 Å². The van der Waals surface area contributed by atoms with E-state index in [4.69, 9.17) is 10.5 Å². The molecule has 1 atom stereocenters. The molecule has 1 heterocycles. The summed E-state index contributed by atoms with van der Waals surface area (Å²) in [5.41, 5.74) is 7.37. The van der Waals surface area contributed by atoms with E-state index >= 15 is 0 Å². The van der Waals surface area contributed by atoms with Gasteiger partial charge in [0.05, 0.1) is 0 Å². The van der Waals surface area contributed by atoms with Crippen LogP contribution in [0.15, 0.2) is 23.4 Å². The Labute approximate surface area is 169 Å². The number of nitrogens with two attached hydrogens (primary N) is 1. The Morgan fingerprint density at radius 1 is 1.11 bits per heavy atom. The Balaban J connectivity index is 1.19. The summed E-state index contributed by atoms with van der Waals surface area (Å²) >= 11 is 0. The van der Waals surface area contributed by atoms with Crippen LogP contribution in [0.4, 0.5) is 0 Å². The minimum Gasteiger partial charge on any atom is -0.400 e. The van der Waals surface area contributed by atoms with Crippen LogP contribution < -0.4 is 11.1 Å². The van der Waals surface area contributed by atoms with E-state index in [-0.39, 0.29) is 12.0 Å². The van der Waals surface area contributed by atoms with Gasteiger partial charge in [0.25, 0.3) is 0 Å². The predicted octanol–water partition coefficient (Wildman–Crippen LogP) is 1.63. The zero-order chi connectivity index (χ0) is 19.5. The van der Waals surface area contributed by atoms with Crippen molar-refractivity contribution in [1.29, 1.82) is 0 Å². The van der Waals surface area contributed by atoms with Gasteiger partial charge in [0.15, 0.2) is 0 Å². The number of amides is 1. The first-order valence-electron chi connectivity index (χ1n) is 11.1. The quantitative estimate of drug-likeness (QED) is 0.724. The number of carbonyl (C=O) groups excluding carboxylic acids is 1. The van der Waals surface area contributed by atoms with Crippen molar-refractivity contribution in [2.45, 2.75) is 63.1 Å². The second kappa shape index (κ2) is 8.97. The highest BCUT2D eigenvalue weighted by Gasteiger charge is 2.31. The number of carbonyl (C=O) groups is 1. The topological polar surface area (TPSA) is 70.8 Å². The van der Waals surface area contributed by atoms with E-state index in [1.165, 1.54) is 58.4 Å². The summed E-state index contributed by atoms with van der Waals surface area (Å²) in [7, 11) is 1.64. The van der Waals surface area contributed by atoms with Crippen LogP contribution >= 0.6 is 0 Å². The number of nitrogens with one attached hydrogen (secondary N) is 1. The fourth-order valence-electron chi connectivity index (χ4n) is 4.92. The lowest BCUT2D eigenvalue weighted by molar-refractivity contribution is -0.118. The highest BCUT2D eigenvalue weighted by atomic mass is 16.5. The molecule has 28 heavy (non-hydrogen) atoms. The molecule has 1 unspecified atom stereocenters. The average molecular weight is 389 g/mol. The van der Waals surface area contributed by atoms with Gasteiger partial charge in [-0.25, -0.2) is 0 Å². The largest absolute Gasteiger partial charge is 0.400 e. The molecule has 0 aromatic rings. The molecule has 4 aliphatic rings. The normalized spacial score (nSPS) is 32.5. The van der Waals surface area contributed by atoms with Crippen molar-refractivity contribution < 1.29 is 9.53 Å². The van der Waals surface area contributed by atoms with E-state index in [9.17, 15) is 4.79 Å². The number of hydrogen-bond donors (Lipinski definition) is 2. The number of hydrogen-bond acceptors (Lipinski definition) is 5. The zero-order valence-corrected chi connectivity index (χ0v) is 17.2. The monoisotopic (exact) mass is 388 g/mol. The van der Waals surface area contributed by atoms with Crippen LogP contribution in [0.25, 0.3) is 0 Å². The Morgan fingerprint density at radius 3 is 2.46 bits per heavy atom. The molecule has 0 aromatic heterocycles. The first kappa shape index (κ1) is 19.9. The van der Waals surface area contributed by atoms with Crippen LogP contribution in [0, 0.1) is 5.92 Å². The first-order valence-corrected chi connectivity index (χ1v) is 11.1. The van der Waals surface area contributed by atoms with Crippen LogP contribution in [0.1, 0.15) is 44.9 Å². The molecule has 4 rings (SSSR count). The van der Waals surface area contributed by atoms with Crippen molar-refractivity contribution in [2.24, 2.45) is 11.7 Å². The molecular weight excluding hydrogens is 352 g/mol. The van der Waals surface area contributed by atoms with E-state index in [0.717, 1.165) is 24.3 Å². The molecule has 3 N–H and O–H groups in total. The van der Waals surface area contributed by atoms with Crippen LogP contribution in [0.3, 0.4) is 0 Å². The molecule has 1 aliphatic heterocycles. The smallest absolute Gasteiger partial charge is 0.247 e. The van der Waals surface area contributed by atoms with Gasteiger partial charge in [-0.05, 0) is 50.5 Å². The second-order valence-corrected chi connectivity index (χ2v) is 9.05. The van der Waals surface area contributed by atoms with Crippen molar-refractivity contribution in [2.75, 3.05) is 39.8 Å². The van der Waals surface area contributed by atoms with Gasteiger partial charge in [-0.15, -0.1) is 0 Å². The molecular formula is C22H36N4O2. The molecule has 156 valence electrons. The molecule has 6 nitrogen and oxygen atoms in total. The van der Waals surface area contributed by atoms with Gasteiger partial charge in [0, 0.05) is 69.6 Å². The van der Waals surface area contributed by atoms with Gasteiger partial charge >= 0.3 is 0 Å². The average Bonchev–Trinajstić information content (AvgIpc) is 3.53. The summed E-state index contributed by atoms with van der Waals surface area (Å²) in [5, 5.41) is 3.25.